The molecule has 4 aromatic rings. The molecule has 8 nitrogen and oxygen atoms in total. The highest BCUT2D eigenvalue weighted by molar-refractivity contribution is 7.20. The minimum absolute atomic E-state index is 0.0842. The van der Waals surface area contributed by atoms with E-state index in [1.807, 2.05) is 30.3 Å². The summed E-state index contributed by atoms with van der Waals surface area (Å²) < 4.78 is 17.4. The van der Waals surface area contributed by atoms with Gasteiger partial charge in [-0.2, -0.15) is 0 Å². The van der Waals surface area contributed by atoms with Gasteiger partial charge < -0.3 is 14.2 Å². The van der Waals surface area contributed by atoms with Gasteiger partial charge in [-0.15, -0.1) is 11.3 Å². The molecule has 0 aliphatic heterocycles. The van der Waals surface area contributed by atoms with Gasteiger partial charge in [0.1, 0.15) is 28.7 Å². The fraction of sp³-hybridized carbons (Fsp3) is 0.231. The zero-order valence-corrected chi connectivity index (χ0v) is 20.2. The van der Waals surface area contributed by atoms with Gasteiger partial charge in [0, 0.05) is 0 Å². The van der Waals surface area contributed by atoms with Gasteiger partial charge in [-0.3, -0.25) is 9.36 Å². The zero-order chi connectivity index (χ0) is 24.8. The predicted molar refractivity (Wildman–Crippen MR) is 132 cm³/mol. The zero-order valence-electron chi connectivity index (χ0n) is 19.4. The van der Waals surface area contributed by atoms with Gasteiger partial charge >= 0.3 is 11.9 Å². The van der Waals surface area contributed by atoms with E-state index in [2.05, 4.69) is 4.98 Å². The quantitative estimate of drug-likeness (QED) is 0.255. The summed E-state index contributed by atoms with van der Waals surface area (Å²) in [5.41, 5.74) is 1.57. The first-order valence-electron chi connectivity index (χ1n) is 11.1. The normalized spacial score (nSPS) is 10.8. The lowest BCUT2D eigenvalue weighted by molar-refractivity contribution is 0.0454. The Morgan fingerprint density at radius 1 is 0.971 bits per heavy atom. The van der Waals surface area contributed by atoms with E-state index >= 15 is 0 Å². The number of carbonyl (C=O) groups excluding carboxylic acids is 2. The Labute approximate surface area is 205 Å². The minimum Gasteiger partial charge on any atom is -0.490 e. The van der Waals surface area contributed by atoms with Crippen LogP contribution in [-0.2, 0) is 16.0 Å². The van der Waals surface area contributed by atoms with Gasteiger partial charge in [-0.25, -0.2) is 14.6 Å². The average Bonchev–Trinajstić information content (AvgIpc) is 3.21. The summed E-state index contributed by atoms with van der Waals surface area (Å²) in [4.78, 5) is 42.8. The second kappa shape index (κ2) is 11.0. The Kier molecular flexibility index (Phi) is 7.57. The van der Waals surface area contributed by atoms with Gasteiger partial charge in [0.05, 0.1) is 30.4 Å². The van der Waals surface area contributed by atoms with Crippen LogP contribution in [0.3, 0.4) is 0 Å². The van der Waals surface area contributed by atoms with E-state index in [1.54, 1.807) is 38.1 Å². The molecule has 0 saturated carbocycles. The van der Waals surface area contributed by atoms with Crippen molar-refractivity contribution in [3.8, 4) is 5.75 Å². The molecule has 35 heavy (non-hydrogen) atoms. The highest BCUT2D eigenvalue weighted by Gasteiger charge is 2.20. The lowest BCUT2D eigenvalue weighted by Crippen LogP contribution is -2.21. The highest BCUT2D eigenvalue weighted by Crippen LogP contribution is 2.27. The maximum atomic E-state index is 13.2. The predicted octanol–water partition coefficient (Wildman–Crippen LogP) is 4.23. The van der Waals surface area contributed by atoms with Crippen LogP contribution >= 0.6 is 11.3 Å². The van der Waals surface area contributed by atoms with Crippen LogP contribution in [0.2, 0.25) is 0 Å². The molecule has 0 spiro atoms. The molecule has 9 heteroatoms. The van der Waals surface area contributed by atoms with Crippen molar-refractivity contribution in [2.75, 3.05) is 19.8 Å². The molecule has 2 aromatic heterocycles. The summed E-state index contributed by atoms with van der Waals surface area (Å²) in [6, 6.07) is 16.1. The van der Waals surface area contributed by atoms with Crippen LogP contribution in [-0.4, -0.2) is 41.3 Å². The molecule has 0 amide bonds. The van der Waals surface area contributed by atoms with E-state index in [-0.39, 0.29) is 31.3 Å². The van der Waals surface area contributed by atoms with Crippen molar-refractivity contribution in [3.63, 3.8) is 0 Å². The third-order valence-corrected chi connectivity index (χ3v) is 6.43. The van der Waals surface area contributed by atoms with E-state index in [0.29, 0.717) is 38.6 Å². The maximum absolute atomic E-state index is 13.2. The largest absolute Gasteiger partial charge is 0.490 e. The third-order valence-electron chi connectivity index (χ3n) is 5.25. The van der Waals surface area contributed by atoms with E-state index in [1.165, 1.54) is 10.9 Å². The van der Waals surface area contributed by atoms with Crippen LogP contribution in [0.15, 0.2) is 65.7 Å². The van der Waals surface area contributed by atoms with E-state index in [9.17, 15) is 14.4 Å². The fourth-order valence-electron chi connectivity index (χ4n) is 3.50. The number of para-hydroxylation sites is 1. The van der Waals surface area contributed by atoms with Crippen LogP contribution < -0.4 is 10.3 Å². The number of hydrogen-bond donors (Lipinski definition) is 0. The Balaban J connectivity index is 1.45. The summed E-state index contributed by atoms with van der Waals surface area (Å²) >= 11 is 1.13. The van der Waals surface area contributed by atoms with Crippen LogP contribution in [0.1, 0.15) is 38.1 Å². The van der Waals surface area contributed by atoms with Crippen molar-refractivity contribution in [1.82, 2.24) is 9.55 Å². The van der Waals surface area contributed by atoms with E-state index in [0.717, 1.165) is 16.9 Å². The van der Waals surface area contributed by atoms with Crippen LogP contribution in [0.5, 0.6) is 5.75 Å². The maximum Gasteiger partial charge on any atom is 0.348 e. The number of aromatic nitrogens is 2. The molecular formula is C26H24N2O6S. The Morgan fingerprint density at radius 3 is 2.43 bits per heavy atom. The Bertz CT molecular complexity index is 1390. The van der Waals surface area contributed by atoms with Gasteiger partial charge in [0.2, 0.25) is 0 Å². The number of nitrogens with zero attached hydrogens (tertiary/aromatic N) is 2. The lowest BCUT2D eigenvalue weighted by atomic mass is 10.1. The molecule has 0 radical (unpaired) electrons. The molecule has 2 aromatic carbocycles. The minimum atomic E-state index is -0.511. The summed E-state index contributed by atoms with van der Waals surface area (Å²) in [6.45, 7) is 4.35. The molecule has 2 heterocycles. The number of rotatable bonds is 9. The van der Waals surface area contributed by atoms with Gasteiger partial charge in [0.25, 0.3) is 5.56 Å². The number of fused-ring (bicyclic) bond motifs is 1. The second-order valence-corrected chi connectivity index (χ2v) is 8.63. The standard InChI is InChI=1S/C26H24N2O6S/c1-3-32-25(30)19-11-9-18(10-12-19)15-28-16-27-23-21(24(28)29)17(2)22(35-23)26(31)34-14-13-33-20-7-5-4-6-8-20/h4-12,16H,3,13-15H2,1-2H3. The monoisotopic (exact) mass is 492 g/mol. The number of benzene rings is 2. The molecule has 0 aliphatic rings. The van der Waals surface area contributed by atoms with Gasteiger partial charge in [-0.05, 0) is 49.2 Å². The fourth-order valence-corrected chi connectivity index (χ4v) is 4.53. The number of aryl methyl sites for hydroxylation is 1. The highest BCUT2D eigenvalue weighted by atomic mass is 32.1. The molecule has 0 aliphatic carbocycles. The van der Waals surface area contributed by atoms with Crippen LogP contribution in [0.25, 0.3) is 10.2 Å². The topological polar surface area (TPSA) is 96.7 Å². The van der Waals surface area contributed by atoms with Crippen molar-refractivity contribution in [2.24, 2.45) is 0 Å². The molecule has 4 rings (SSSR count). The number of hydrogen-bond acceptors (Lipinski definition) is 8. The van der Waals surface area contributed by atoms with Gasteiger partial charge in [-0.1, -0.05) is 30.3 Å². The SMILES string of the molecule is CCOC(=O)c1ccc(Cn2cnc3sc(C(=O)OCCOc4ccccc4)c(C)c3c2=O)cc1. The van der Waals surface area contributed by atoms with E-state index < -0.39 is 5.97 Å². The molecule has 0 unspecified atom stereocenters. The first kappa shape index (κ1) is 24.2. The van der Waals surface area contributed by atoms with Crippen molar-refractivity contribution in [3.05, 3.63) is 92.8 Å². The average molecular weight is 493 g/mol. The summed E-state index contributed by atoms with van der Waals surface area (Å²) in [6.07, 6.45) is 1.46. The van der Waals surface area contributed by atoms with Crippen LogP contribution in [0.4, 0.5) is 0 Å². The summed E-state index contributed by atoms with van der Waals surface area (Å²) in [5, 5.41) is 0.396. The molecule has 0 bridgehead atoms. The number of thiophene rings is 1. The van der Waals surface area contributed by atoms with E-state index in [4.69, 9.17) is 14.2 Å². The number of ether oxygens (including phenoxy) is 3. The molecule has 0 N–H and O–H groups in total. The van der Waals surface area contributed by atoms with Crippen molar-refractivity contribution < 1.29 is 23.8 Å². The molecular weight excluding hydrogens is 468 g/mol. The van der Waals surface area contributed by atoms with Crippen molar-refractivity contribution in [1.29, 1.82) is 0 Å². The first-order valence-corrected chi connectivity index (χ1v) is 11.9. The molecule has 0 atom stereocenters. The van der Waals surface area contributed by atoms with Crippen LogP contribution in [0, 0.1) is 6.92 Å². The first-order chi connectivity index (χ1) is 17.0. The third kappa shape index (κ3) is 5.58. The lowest BCUT2D eigenvalue weighted by Gasteiger charge is -2.07. The molecule has 0 saturated heterocycles. The smallest absolute Gasteiger partial charge is 0.348 e. The summed E-state index contributed by atoms with van der Waals surface area (Å²) in [5.74, 6) is -0.205. The number of esters is 2. The Morgan fingerprint density at radius 2 is 1.71 bits per heavy atom. The van der Waals surface area contributed by atoms with Gasteiger partial charge in [0.15, 0.2) is 0 Å². The Hall–Kier alpha value is -3.98. The second-order valence-electron chi connectivity index (χ2n) is 7.63. The molecule has 0 fully saturated rings. The molecule has 180 valence electrons. The summed E-state index contributed by atoms with van der Waals surface area (Å²) in [7, 11) is 0. The van der Waals surface area contributed by atoms with Crippen molar-refractivity contribution >= 4 is 33.5 Å². The van der Waals surface area contributed by atoms with Crippen molar-refractivity contribution in [2.45, 2.75) is 20.4 Å². The number of carbonyl (C=O) groups is 2.